The van der Waals surface area contributed by atoms with Crippen molar-refractivity contribution in [3.8, 4) is 0 Å². The van der Waals surface area contributed by atoms with E-state index in [0.717, 1.165) is 18.4 Å². The zero-order chi connectivity index (χ0) is 18.8. The maximum absolute atomic E-state index is 12.8. The van der Waals surface area contributed by atoms with E-state index in [9.17, 15) is 19.5 Å². The van der Waals surface area contributed by atoms with Crippen LogP contribution < -0.4 is 10.6 Å². The fourth-order valence-corrected chi connectivity index (χ4v) is 4.08. The Morgan fingerprint density at radius 3 is 2.31 bits per heavy atom. The Morgan fingerprint density at radius 1 is 1.08 bits per heavy atom. The average molecular weight is 356 g/mol. The van der Waals surface area contributed by atoms with Gasteiger partial charge in [-0.25, -0.2) is 0 Å². The van der Waals surface area contributed by atoms with Gasteiger partial charge in [0.05, 0.1) is 11.8 Å². The molecule has 0 radical (unpaired) electrons. The van der Waals surface area contributed by atoms with Gasteiger partial charge < -0.3 is 15.7 Å². The molecule has 1 saturated carbocycles. The minimum Gasteiger partial charge on any atom is -0.481 e. The lowest BCUT2D eigenvalue weighted by Gasteiger charge is -2.24. The smallest absolute Gasteiger partial charge is 0.307 e. The normalized spacial score (nSPS) is 25.9. The fraction of sp³-hybridized carbons (Fsp3) is 0.450. The van der Waals surface area contributed by atoms with Crippen molar-refractivity contribution >= 4 is 29.2 Å². The van der Waals surface area contributed by atoms with Gasteiger partial charge >= 0.3 is 5.97 Å². The van der Waals surface area contributed by atoms with Gasteiger partial charge in [-0.15, -0.1) is 0 Å². The first kappa shape index (κ1) is 18.2. The van der Waals surface area contributed by atoms with E-state index in [1.165, 1.54) is 0 Å². The Kier molecular flexibility index (Phi) is 5.11. The van der Waals surface area contributed by atoms with Crippen LogP contribution in [-0.4, -0.2) is 22.9 Å². The van der Waals surface area contributed by atoms with Crippen LogP contribution in [0.15, 0.2) is 30.4 Å². The highest BCUT2D eigenvalue weighted by Crippen LogP contribution is 2.48. The molecule has 1 fully saturated rings. The van der Waals surface area contributed by atoms with Crippen LogP contribution in [0, 0.1) is 30.6 Å². The molecule has 3 rings (SSSR count). The van der Waals surface area contributed by atoms with E-state index in [1.54, 1.807) is 18.2 Å². The van der Waals surface area contributed by atoms with Gasteiger partial charge in [0.2, 0.25) is 11.8 Å². The lowest BCUT2D eigenvalue weighted by molar-refractivity contribution is -0.146. The summed E-state index contributed by atoms with van der Waals surface area (Å²) < 4.78 is 0. The van der Waals surface area contributed by atoms with Crippen molar-refractivity contribution in [2.45, 2.75) is 33.1 Å². The minimum absolute atomic E-state index is 0.0196. The summed E-state index contributed by atoms with van der Waals surface area (Å²) in [7, 11) is 0. The first-order chi connectivity index (χ1) is 12.4. The predicted molar refractivity (Wildman–Crippen MR) is 98.7 cm³/mol. The summed E-state index contributed by atoms with van der Waals surface area (Å²) in [5.41, 5.74) is 2.01. The molecule has 2 aliphatic rings. The standard InChI is InChI=1S/C20H24N2O4/c1-3-5-16(23)21-14-6-4-7-15(11(14)2)22-19(24)17-12-8-9-13(10-12)18(17)20(25)26/h4,6-9,12-13,17-18H,3,5,10H2,1-2H3,(H,21,23)(H,22,24)(H,25,26)/t12-,13-,17+,18+/m0/s1. The van der Waals surface area contributed by atoms with Crippen LogP contribution in [0.1, 0.15) is 31.7 Å². The van der Waals surface area contributed by atoms with Gasteiger partial charge in [0, 0.05) is 17.8 Å². The highest BCUT2D eigenvalue weighted by molar-refractivity contribution is 5.98. The molecule has 4 atom stereocenters. The minimum atomic E-state index is -0.917. The third-order valence-electron chi connectivity index (χ3n) is 5.39. The molecule has 1 aromatic rings. The first-order valence-electron chi connectivity index (χ1n) is 9.03. The van der Waals surface area contributed by atoms with Crippen molar-refractivity contribution < 1.29 is 19.5 Å². The van der Waals surface area contributed by atoms with Gasteiger partial charge in [-0.2, -0.15) is 0 Å². The number of nitrogens with one attached hydrogen (secondary N) is 2. The van der Waals surface area contributed by atoms with E-state index in [-0.39, 0.29) is 23.7 Å². The third-order valence-corrected chi connectivity index (χ3v) is 5.39. The molecule has 138 valence electrons. The number of hydrogen-bond acceptors (Lipinski definition) is 3. The Bertz CT molecular complexity index is 771. The van der Waals surface area contributed by atoms with Crippen LogP contribution in [0.2, 0.25) is 0 Å². The Hall–Kier alpha value is -2.63. The quantitative estimate of drug-likeness (QED) is 0.682. The van der Waals surface area contributed by atoms with Crippen LogP contribution >= 0.6 is 0 Å². The number of fused-ring (bicyclic) bond motifs is 2. The Balaban J connectivity index is 1.76. The van der Waals surface area contributed by atoms with Gasteiger partial charge in [-0.3, -0.25) is 14.4 Å². The third kappa shape index (κ3) is 3.36. The molecule has 0 aromatic heterocycles. The molecule has 3 N–H and O–H groups in total. The molecule has 0 aliphatic heterocycles. The number of carbonyl (C=O) groups excluding carboxylic acids is 2. The van der Waals surface area contributed by atoms with E-state index in [1.807, 2.05) is 26.0 Å². The maximum Gasteiger partial charge on any atom is 0.307 e. The monoisotopic (exact) mass is 356 g/mol. The predicted octanol–water partition coefficient (Wildman–Crippen LogP) is 3.20. The molecular formula is C20H24N2O4. The van der Waals surface area contributed by atoms with Crippen molar-refractivity contribution in [1.82, 2.24) is 0 Å². The largest absolute Gasteiger partial charge is 0.481 e. The lowest BCUT2D eigenvalue weighted by Crippen LogP contribution is -2.36. The highest BCUT2D eigenvalue weighted by atomic mass is 16.4. The summed E-state index contributed by atoms with van der Waals surface area (Å²) >= 11 is 0. The van der Waals surface area contributed by atoms with E-state index in [2.05, 4.69) is 10.6 Å². The topological polar surface area (TPSA) is 95.5 Å². The number of aliphatic carboxylic acids is 1. The van der Waals surface area contributed by atoms with Crippen molar-refractivity contribution in [1.29, 1.82) is 0 Å². The molecule has 6 nitrogen and oxygen atoms in total. The van der Waals surface area contributed by atoms with Crippen LogP contribution in [0.5, 0.6) is 0 Å². The highest BCUT2D eigenvalue weighted by Gasteiger charge is 2.51. The van der Waals surface area contributed by atoms with Crippen LogP contribution in [0.25, 0.3) is 0 Å². The number of carboxylic acid groups (broad SMARTS) is 1. The number of amides is 2. The lowest BCUT2D eigenvalue weighted by atomic mass is 9.82. The first-order valence-corrected chi connectivity index (χ1v) is 9.03. The summed E-state index contributed by atoms with van der Waals surface area (Å²) in [6.45, 7) is 3.76. The second kappa shape index (κ2) is 7.32. The van der Waals surface area contributed by atoms with Crippen molar-refractivity contribution in [3.63, 3.8) is 0 Å². The summed E-state index contributed by atoms with van der Waals surface area (Å²) in [6.07, 6.45) is 5.80. The second-order valence-corrected chi connectivity index (χ2v) is 7.10. The van der Waals surface area contributed by atoms with Crippen LogP contribution in [-0.2, 0) is 14.4 Å². The molecule has 1 aromatic carbocycles. The number of rotatable bonds is 6. The molecule has 0 unspecified atom stereocenters. The van der Waals surface area contributed by atoms with E-state index in [0.29, 0.717) is 17.8 Å². The summed E-state index contributed by atoms with van der Waals surface area (Å²) in [4.78, 5) is 36.3. The SMILES string of the molecule is CCCC(=O)Nc1cccc(NC(=O)[C@H]2[C@H](C(=O)O)[C@H]3C=C[C@H]2C3)c1C. The molecule has 2 bridgehead atoms. The van der Waals surface area contributed by atoms with Gasteiger partial charge in [0.1, 0.15) is 0 Å². The van der Waals surface area contributed by atoms with E-state index >= 15 is 0 Å². The molecule has 2 amide bonds. The van der Waals surface area contributed by atoms with Crippen LogP contribution in [0.3, 0.4) is 0 Å². The summed E-state index contributed by atoms with van der Waals surface area (Å²) in [5, 5.41) is 15.2. The molecular weight excluding hydrogens is 332 g/mol. The molecule has 6 heteroatoms. The summed E-state index contributed by atoms with van der Waals surface area (Å²) in [6, 6.07) is 5.32. The zero-order valence-electron chi connectivity index (χ0n) is 15.0. The Labute approximate surface area is 152 Å². The van der Waals surface area contributed by atoms with Gasteiger partial charge in [0.15, 0.2) is 0 Å². The number of allylic oxidation sites excluding steroid dienone is 2. The fourth-order valence-electron chi connectivity index (χ4n) is 4.08. The van der Waals surface area contributed by atoms with E-state index in [4.69, 9.17) is 0 Å². The number of hydrogen-bond donors (Lipinski definition) is 3. The van der Waals surface area contributed by atoms with Crippen LogP contribution in [0.4, 0.5) is 11.4 Å². The van der Waals surface area contributed by atoms with Crippen molar-refractivity contribution in [3.05, 3.63) is 35.9 Å². The van der Waals surface area contributed by atoms with Crippen molar-refractivity contribution in [2.75, 3.05) is 10.6 Å². The molecule has 0 heterocycles. The molecule has 26 heavy (non-hydrogen) atoms. The number of carboxylic acids is 1. The van der Waals surface area contributed by atoms with Gasteiger partial charge in [-0.05, 0) is 49.3 Å². The Morgan fingerprint density at radius 2 is 1.69 bits per heavy atom. The van der Waals surface area contributed by atoms with E-state index < -0.39 is 17.8 Å². The zero-order valence-corrected chi connectivity index (χ0v) is 15.0. The molecule has 0 saturated heterocycles. The summed E-state index contributed by atoms with van der Waals surface area (Å²) in [5.74, 6) is -2.56. The van der Waals surface area contributed by atoms with Gasteiger partial charge in [0.25, 0.3) is 0 Å². The molecule has 2 aliphatic carbocycles. The van der Waals surface area contributed by atoms with Crippen molar-refractivity contribution in [2.24, 2.45) is 23.7 Å². The maximum atomic E-state index is 12.8. The van der Waals surface area contributed by atoms with Gasteiger partial charge in [-0.1, -0.05) is 25.1 Å². The number of benzene rings is 1. The average Bonchev–Trinajstić information content (AvgIpc) is 3.19. The number of carbonyl (C=O) groups is 3. The molecule has 0 spiro atoms. The second-order valence-electron chi connectivity index (χ2n) is 7.10. The number of anilines is 2.